The summed E-state index contributed by atoms with van der Waals surface area (Å²) in [5.41, 5.74) is 4.57. The molecule has 0 saturated heterocycles. The predicted octanol–water partition coefficient (Wildman–Crippen LogP) is 4.48. The Morgan fingerprint density at radius 1 is 0.871 bits per heavy atom. The Morgan fingerprint density at radius 3 is 2.29 bits per heavy atom. The third-order valence-electron chi connectivity index (χ3n) is 4.26. The first-order valence-corrected chi connectivity index (χ1v) is 10.0. The van der Waals surface area contributed by atoms with Crippen LogP contribution < -0.4 is 20.2 Å². The molecule has 0 bridgehead atoms. The summed E-state index contributed by atoms with van der Waals surface area (Å²) in [5, 5.41) is 6.77. The smallest absolute Gasteiger partial charge is 0.271 e. The van der Waals surface area contributed by atoms with E-state index in [2.05, 4.69) is 31.8 Å². The molecule has 2 N–H and O–H groups in total. The number of hydrazone groups is 1. The summed E-state index contributed by atoms with van der Waals surface area (Å²) >= 11 is 3.34. The number of methoxy groups -OCH3 is 2. The lowest BCUT2D eigenvalue weighted by atomic mass is 10.1. The third-order valence-corrected chi connectivity index (χ3v) is 4.75. The van der Waals surface area contributed by atoms with Crippen molar-refractivity contribution in [3.63, 3.8) is 0 Å². The first-order valence-electron chi connectivity index (χ1n) is 9.22. The SMILES string of the molecule is COc1ccc(/C=N\NC(=O)c2cccc(NC(=O)c3cccc(Br)c3)c2)cc1OC. The zero-order chi connectivity index (χ0) is 22.2. The molecule has 0 heterocycles. The average Bonchev–Trinajstić information content (AvgIpc) is 2.79. The van der Waals surface area contributed by atoms with E-state index < -0.39 is 5.91 Å². The number of halogens is 1. The number of nitrogens with one attached hydrogen (secondary N) is 2. The quantitative estimate of drug-likeness (QED) is 0.384. The van der Waals surface area contributed by atoms with Gasteiger partial charge in [0.2, 0.25) is 0 Å². The molecule has 0 atom stereocenters. The van der Waals surface area contributed by atoms with Crippen molar-refractivity contribution in [3.8, 4) is 11.5 Å². The number of ether oxygens (including phenoxy) is 2. The summed E-state index contributed by atoms with van der Waals surface area (Å²) in [6, 6.07) is 18.9. The third kappa shape index (κ3) is 5.93. The molecule has 3 aromatic rings. The van der Waals surface area contributed by atoms with Crippen LogP contribution in [0.2, 0.25) is 0 Å². The van der Waals surface area contributed by atoms with E-state index in [0.717, 1.165) is 10.0 Å². The van der Waals surface area contributed by atoms with E-state index >= 15 is 0 Å². The number of anilines is 1. The molecular formula is C23H20BrN3O4. The standard InChI is InChI=1S/C23H20BrN3O4/c1-30-20-10-9-15(11-21(20)31-2)14-25-27-23(29)17-6-4-8-19(13-17)26-22(28)16-5-3-7-18(24)12-16/h3-14H,1-2H3,(H,26,28)(H,27,29)/b25-14-. The molecule has 0 fully saturated rings. The minimum Gasteiger partial charge on any atom is -0.493 e. The predicted molar refractivity (Wildman–Crippen MR) is 123 cm³/mol. The second-order valence-corrected chi connectivity index (χ2v) is 7.27. The number of carbonyl (C=O) groups is 2. The van der Waals surface area contributed by atoms with Crippen LogP contribution in [0.3, 0.4) is 0 Å². The maximum Gasteiger partial charge on any atom is 0.271 e. The van der Waals surface area contributed by atoms with Gasteiger partial charge in [-0.25, -0.2) is 5.43 Å². The van der Waals surface area contributed by atoms with Crippen LogP contribution in [0.15, 0.2) is 76.3 Å². The molecule has 0 saturated carbocycles. The zero-order valence-corrected chi connectivity index (χ0v) is 18.5. The van der Waals surface area contributed by atoms with Crippen molar-refractivity contribution in [1.29, 1.82) is 0 Å². The molecule has 0 unspecified atom stereocenters. The molecule has 158 valence electrons. The van der Waals surface area contributed by atoms with E-state index in [4.69, 9.17) is 9.47 Å². The van der Waals surface area contributed by atoms with E-state index in [-0.39, 0.29) is 5.91 Å². The number of hydrogen-bond donors (Lipinski definition) is 2. The zero-order valence-electron chi connectivity index (χ0n) is 16.9. The monoisotopic (exact) mass is 481 g/mol. The van der Waals surface area contributed by atoms with E-state index in [1.165, 1.54) is 6.21 Å². The highest BCUT2D eigenvalue weighted by Crippen LogP contribution is 2.26. The van der Waals surface area contributed by atoms with Gasteiger partial charge >= 0.3 is 0 Å². The van der Waals surface area contributed by atoms with E-state index in [1.54, 1.807) is 74.9 Å². The largest absolute Gasteiger partial charge is 0.493 e. The van der Waals surface area contributed by atoms with E-state index in [1.807, 2.05) is 6.07 Å². The lowest BCUT2D eigenvalue weighted by molar-refractivity contribution is 0.0953. The first-order chi connectivity index (χ1) is 15.0. The first kappa shape index (κ1) is 22.0. The van der Waals surface area contributed by atoms with Gasteiger partial charge in [0.1, 0.15) is 0 Å². The highest BCUT2D eigenvalue weighted by molar-refractivity contribution is 9.10. The number of hydrogen-bond acceptors (Lipinski definition) is 5. The fraction of sp³-hybridized carbons (Fsp3) is 0.0870. The number of rotatable bonds is 7. The Balaban J connectivity index is 1.65. The van der Waals surface area contributed by atoms with Gasteiger partial charge in [0, 0.05) is 21.3 Å². The van der Waals surface area contributed by atoms with Gasteiger partial charge in [-0.05, 0) is 60.2 Å². The fourth-order valence-electron chi connectivity index (χ4n) is 2.73. The summed E-state index contributed by atoms with van der Waals surface area (Å²) in [6.07, 6.45) is 1.50. The van der Waals surface area contributed by atoms with Crippen molar-refractivity contribution >= 4 is 39.6 Å². The van der Waals surface area contributed by atoms with Crippen LogP contribution in [0, 0.1) is 0 Å². The molecule has 3 aromatic carbocycles. The number of carbonyl (C=O) groups excluding carboxylic acids is 2. The van der Waals surface area contributed by atoms with E-state index in [0.29, 0.717) is 28.3 Å². The topological polar surface area (TPSA) is 89.0 Å². The van der Waals surface area contributed by atoms with Crippen LogP contribution >= 0.6 is 15.9 Å². The number of amides is 2. The lowest BCUT2D eigenvalue weighted by Crippen LogP contribution is -2.18. The van der Waals surface area contributed by atoms with Gasteiger partial charge < -0.3 is 14.8 Å². The summed E-state index contributed by atoms with van der Waals surface area (Å²) < 4.78 is 11.2. The second-order valence-electron chi connectivity index (χ2n) is 6.36. The van der Waals surface area contributed by atoms with Crippen LogP contribution in [0.5, 0.6) is 11.5 Å². The van der Waals surface area contributed by atoms with Gasteiger partial charge in [-0.3, -0.25) is 9.59 Å². The van der Waals surface area contributed by atoms with E-state index in [9.17, 15) is 9.59 Å². The highest BCUT2D eigenvalue weighted by Gasteiger charge is 2.09. The maximum atomic E-state index is 12.4. The van der Waals surface area contributed by atoms with Crippen LogP contribution in [-0.4, -0.2) is 32.2 Å². The Bertz CT molecular complexity index is 1130. The Labute approximate surface area is 188 Å². The number of nitrogens with zero attached hydrogens (tertiary/aromatic N) is 1. The molecule has 0 aliphatic heterocycles. The van der Waals surface area contributed by atoms with Gasteiger partial charge in [-0.2, -0.15) is 5.10 Å². The Hall–Kier alpha value is -3.65. The second kappa shape index (κ2) is 10.4. The minimum absolute atomic E-state index is 0.273. The number of benzene rings is 3. The van der Waals surface area contributed by atoms with Gasteiger partial charge in [0.05, 0.1) is 20.4 Å². The van der Waals surface area contributed by atoms with Crippen LogP contribution in [0.25, 0.3) is 0 Å². The molecule has 0 aromatic heterocycles. The molecule has 0 radical (unpaired) electrons. The van der Waals surface area contributed by atoms with Crippen molar-refractivity contribution in [2.24, 2.45) is 5.10 Å². The highest BCUT2D eigenvalue weighted by atomic mass is 79.9. The average molecular weight is 482 g/mol. The Morgan fingerprint density at radius 2 is 1.58 bits per heavy atom. The summed E-state index contributed by atoms with van der Waals surface area (Å²) in [4.78, 5) is 24.8. The van der Waals surface area contributed by atoms with Gasteiger partial charge in [0.15, 0.2) is 11.5 Å². The molecule has 0 aliphatic carbocycles. The molecule has 0 spiro atoms. The molecule has 7 nitrogen and oxygen atoms in total. The minimum atomic E-state index is -0.407. The molecule has 0 aliphatic rings. The summed E-state index contributed by atoms with van der Waals surface area (Å²) in [6.45, 7) is 0. The van der Waals surface area contributed by atoms with Crippen molar-refractivity contribution in [2.45, 2.75) is 0 Å². The normalized spacial score (nSPS) is 10.5. The van der Waals surface area contributed by atoms with Gasteiger partial charge in [-0.15, -0.1) is 0 Å². The maximum absolute atomic E-state index is 12.4. The van der Waals surface area contributed by atoms with Crippen molar-refractivity contribution in [3.05, 3.63) is 87.9 Å². The van der Waals surface area contributed by atoms with Crippen molar-refractivity contribution in [1.82, 2.24) is 5.43 Å². The van der Waals surface area contributed by atoms with Crippen molar-refractivity contribution < 1.29 is 19.1 Å². The Kier molecular flexibility index (Phi) is 7.40. The summed E-state index contributed by atoms with van der Waals surface area (Å²) in [7, 11) is 3.10. The molecule has 31 heavy (non-hydrogen) atoms. The van der Waals surface area contributed by atoms with Crippen LogP contribution in [0.4, 0.5) is 5.69 Å². The summed E-state index contributed by atoms with van der Waals surface area (Å²) in [5.74, 6) is 0.484. The molecule has 8 heteroatoms. The fourth-order valence-corrected chi connectivity index (χ4v) is 3.13. The van der Waals surface area contributed by atoms with Crippen molar-refractivity contribution in [2.75, 3.05) is 19.5 Å². The van der Waals surface area contributed by atoms with Gasteiger partial charge in [0.25, 0.3) is 11.8 Å². The molecular weight excluding hydrogens is 462 g/mol. The van der Waals surface area contributed by atoms with Crippen LogP contribution in [0.1, 0.15) is 26.3 Å². The van der Waals surface area contributed by atoms with Crippen LogP contribution in [-0.2, 0) is 0 Å². The van der Waals surface area contributed by atoms with Gasteiger partial charge in [-0.1, -0.05) is 28.1 Å². The molecule has 2 amide bonds. The lowest BCUT2D eigenvalue weighted by Gasteiger charge is -2.08. The molecule has 3 rings (SSSR count).